The van der Waals surface area contributed by atoms with E-state index >= 15 is 0 Å². The Hall–Kier alpha value is -1.29. The minimum atomic E-state index is -5.70. The number of carbonyl (C=O) groups is 2. The average Bonchev–Trinajstić information content (AvgIpc) is 2.68. The van der Waals surface area contributed by atoms with E-state index in [1.54, 1.807) is 13.8 Å². The van der Waals surface area contributed by atoms with Gasteiger partial charge in [0.25, 0.3) is 0 Å². The number of halogens is 2. The van der Waals surface area contributed by atoms with Crippen molar-refractivity contribution < 1.29 is 40.8 Å². The van der Waals surface area contributed by atoms with Gasteiger partial charge in [0, 0.05) is 5.41 Å². The predicted molar refractivity (Wildman–Crippen MR) is 62.8 cm³/mol. The van der Waals surface area contributed by atoms with Crippen molar-refractivity contribution in [1.29, 1.82) is 0 Å². The minimum absolute atomic E-state index is 0.118. The topological polar surface area (TPSA) is 107 Å². The van der Waals surface area contributed by atoms with Crippen LogP contribution in [-0.4, -0.2) is 42.4 Å². The van der Waals surface area contributed by atoms with Gasteiger partial charge in [-0.05, 0) is 12.8 Å². The maximum absolute atomic E-state index is 13.1. The summed E-state index contributed by atoms with van der Waals surface area (Å²) in [6.07, 6.45) is 0.475. The van der Waals surface area contributed by atoms with E-state index in [2.05, 4.69) is 4.74 Å². The van der Waals surface area contributed by atoms with Gasteiger partial charge in [0.15, 0.2) is 6.61 Å². The molecular weight excluding hydrogens is 314 g/mol. The summed E-state index contributed by atoms with van der Waals surface area (Å²) >= 11 is 0. The van der Waals surface area contributed by atoms with E-state index in [1.165, 1.54) is 0 Å². The molecule has 1 N–H and O–H groups in total. The van der Waals surface area contributed by atoms with Crippen LogP contribution < -0.4 is 0 Å². The zero-order valence-corrected chi connectivity index (χ0v) is 12.1. The van der Waals surface area contributed by atoms with Crippen LogP contribution >= 0.6 is 0 Å². The second-order valence-electron chi connectivity index (χ2n) is 5.75. The Bertz CT molecular complexity index is 598. The van der Waals surface area contributed by atoms with Crippen LogP contribution in [0.1, 0.15) is 26.7 Å². The first-order chi connectivity index (χ1) is 9.35. The summed E-state index contributed by atoms with van der Waals surface area (Å²) in [7, 11) is -5.70. The molecule has 0 radical (unpaired) electrons. The van der Waals surface area contributed by atoms with Crippen LogP contribution in [0.15, 0.2) is 0 Å². The summed E-state index contributed by atoms with van der Waals surface area (Å²) in [5.74, 6) is -2.37. The van der Waals surface area contributed by atoms with Crippen LogP contribution in [0.2, 0.25) is 0 Å². The molecular formula is C11H14F2O7S. The van der Waals surface area contributed by atoms with E-state index in [0.717, 1.165) is 0 Å². The minimum Gasteiger partial charge on any atom is -0.455 e. The fraction of sp³-hybridized carbons (Fsp3) is 0.818. The van der Waals surface area contributed by atoms with Gasteiger partial charge < -0.3 is 9.47 Å². The van der Waals surface area contributed by atoms with Gasteiger partial charge in [-0.3, -0.25) is 9.35 Å². The Morgan fingerprint density at radius 2 is 2.10 bits per heavy atom. The molecule has 1 aliphatic carbocycles. The monoisotopic (exact) mass is 328 g/mol. The molecule has 2 atom stereocenters. The van der Waals surface area contributed by atoms with Crippen molar-refractivity contribution in [2.75, 3.05) is 6.61 Å². The Kier molecular flexibility index (Phi) is 3.34. The summed E-state index contributed by atoms with van der Waals surface area (Å²) in [6.45, 7) is 1.32. The molecule has 10 heteroatoms. The van der Waals surface area contributed by atoms with E-state index < -0.39 is 50.9 Å². The van der Waals surface area contributed by atoms with Crippen molar-refractivity contribution in [1.82, 2.24) is 0 Å². The summed E-state index contributed by atoms with van der Waals surface area (Å²) in [6, 6.07) is 0. The highest BCUT2D eigenvalue weighted by Crippen LogP contribution is 2.58. The van der Waals surface area contributed by atoms with Crippen LogP contribution in [0.25, 0.3) is 0 Å². The quantitative estimate of drug-likeness (QED) is 0.599. The standard InChI is InChI=1S/C11H14F2O7S/c1-9(2)6-3-4-10(9,20-7(6)14)8(15)19-5-11(12,13)21(16,17)18/h6H,3-5H2,1-2H3,(H,16,17,18). The normalized spacial score (nSPS) is 31.1. The smallest absolute Gasteiger partial charge is 0.402 e. The first-order valence-electron chi connectivity index (χ1n) is 6.10. The van der Waals surface area contributed by atoms with Crippen LogP contribution in [0.5, 0.6) is 0 Å². The molecule has 7 nitrogen and oxygen atoms in total. The van der Waals surface area contributed by atoms with Crippen molar-refractivity contribution in [2.45, 2.75) is 37.5 Å². The van der Waals surface area contributed by atoms with Gasteiger partial charge >= 0.3 is 27.3 Å². The predicted octanol–water partition coefficient (Wildman–Crippen LogP) is 0.742. The fourth-order valence-electron chi connectivity index (χ4n) is 2.90. The Morgan fingerprint density at radius 1 is 1.52 bits per heavy atom. The molecule has 1 aliphatic heterocycles. The molecule has 2 bridgehead atoms. The number of hydrogen-bond acceptors (Lipinski definition) is 6. The number of carbonyl (C=O) groups excluding carboxylic acids is 2. The van der Waals surface area contributed by atoms with E-state index in [9.17, 15) is 26.8 Å². The van der Waals surface area contributed by atoms with Crippen LogP contribution in [-0.2, 0) is 29.2 Å². The van der Waals surface area contributed by atoms with E-state index in [1.807, 2.05) is 0 Å². The summed E-state index contributed by atoms with van der Waals surface area (Å²) in [4.78, 5) is 23.7. The number of alkyl halides is 2. The SMILES string of the molecule is CC1(C)C2CCC1(C(=O)OCC(F)(F)S(=O)(=O)O)OC2=O. The molecule has 2 fully saturated rings. The summed E-state index contributed by atoms with van der Waals surface area (Å²) in [5, 5.41) is -4.62. The van der Waals surface area contributed by atoms with Crippen molar-refractivity contribution in [3.63, 3.8) is 0 Å². The number of ether oxygens (including phenoxy) is 2. The van der Waals surface area contributed by atoms with Crippen molar-refractivity contribution in [3.8, 4) is 0 Å². The van der Waals surface area contributed by atoms with E-state index in [0.29, 0.717) is 6.42 Å². The van der Waals surface area contributed by atoms with Gasteiger partial charge in [0.1, 0.15) is 0 Å². The number of hydrogen-bond donors (Lipinski definition) is 1. The zero-order valence-electron chi connectivity index (χ0n) is 11.3. The molecule has 120 valence electrons. The van der Waals surface area contributed by atoms with Gasteiger partial charge in [-0.25, -0.2) is 4.79 Å². The highest BCUT2D eigenvalue weighted by molar-refractivity contribution is 7.86. The van der Waals surface area contributed by atoms with E-state index in [4.69, 9.17) is 9.29 Å². The van der Waals surface area contributed by atoms with Crippen molar-refractivity contribution in [2.24, 2.45) is 11.3 Å². The van der Waals surface area contributed by atoms with Crippen LogP contribution in [0, 0.1) is 11.3 Å². The van der Waals surface area contributed by atoms with Gasteiger partial charge in [0.05, 0.1) is 5.92 Å². The summed E-state index contributed by atoms with van der Waals surface area (Å²) < 4.78 is 64.7. The molecule has 0 aromatic carbocycles. The molecule has 0 amide bonds. The second kappa shape index (κ2) is 4.35. The van der Waals surface area contributed by atoms with Gasteiger partial charge in [-0.15, -0.1) is 0 Å². The Morgan fingerprint density at radius 3 is 2.48 bits per heavy atom. The third-order valence-corrected chi connectivity index (χ3v) is 5.21. The first kappa shape index (κ1) is 16.1. The molecule has 0 spiro atoms. The lowest BCUT2D eigenvalue weighted by Gasteiger charge is -2.32. The molecule has 1 heterocycles. The number of esters is 2. The molecule has 0 aromatic rings. The van der Waals surface area contributed by atoms with Crippen LogP contribution in [0.3, 0.4) is 0 Å². The maximum Gasteiger partial charge on any atom is 0.402 e. The molecule has 2 rings (SSSR count). The molecule has 1 saturated carbocycles. The fourth-order valence-corrected chi connectivity index (χ4v) is 3.11. The highest BCUT2D eigenvalue weighted by atomic mass is 32.2. The lowest BCUT2D eigenvalue weighted by Crippen LogP contribution is -2.49. The lowest BCUT2D eigenvalue weighted by atomic mass is 9.75. The van der Waals surface area contributed by atoms with Crippen molar-refractivity contribution >= 4 is 22.1 Å². The third-order valence-electron chi connectivity index (χ3n) is 4.33. The lowest BCUT2D eigenvalue weighted by molar-refractivity contribution is -0.186. The third kappa shape index (κ3) is 2.11. The molecule has 2 unspecified atom stereocenters. The largest absolute Gasteiger partial charge is 0.455 e. The first-order valence-corrected chi connectivity index (χ1v) is 7.54. The molecule has 0 aromatic heterocycles. The van der Waals surface area contributed by atoms with Crippen molar-refractivity contribution in [3.05, 3.63) is 0 Å². The van der Waals surface area contributed by atoms with Gasteiger partial charge in [-0.2, -0.15) is 17.2 Å². The maximum atomic E-state index is 13.1. The second-order valence-corrected chi connectivity index (χ2v) is 7.30. The molecule has 2 aliphatic rings. The van der Waals surface area contributed by atoms with Crippen LogP contribution in [0.4, 0.5) is 8.78 Å². The Labute approximate surface area is 119 Å². The molecule has 1 saturated heterocycles. The highest BCUT2D eigenvalue weighted by Gasteiger charge is 2.71. The number of rotatable bonds is 4. The van der Waals surface area contributed by atoms with E-state index in [-0.39, 0.29) is 6.42 Å². The average molecular weight is 328 g/mol. The Balaban J connectivity index is 2.17. The van der Waals surface area contributed by atoms with Gasteiger partial charge in [0.2, 0.25) is 5.60 Å². The zero-order chi connectivity index (χ0) is 16.3. The number of fused-ring (bicyclic) bond motifs is 2. The summed E-state index contributed by atoms with van der Waals surface area (Å²) in [5.41, 5.74) is -2.63. The molecule has 21 heavy (non-hydrogen) atoms. The van der Waals surface area contributed by atoms with Gasteiger partial charge in [-0.1, -0.05) is 13.8 Å².